The summed E-state index contributed by atoms with van der Waals surface area (Å²) in [5.74, 6) is -0.844. The van der Waals surface area contributed by atoms with Crippen LogP contribution in [0.5, 0.6) is 0 Å². The summed E-state index contributed by atoms with van der Waals surface area (Å²) >= 11 is 0. The van der Waals surface area contributed by atoms with E-state index in [0.29, 0.717) is 12.6 Å². The van der Waals surface area contributed by atoms with Crippen molar-refractivity contribution in [2.75, 3.05) is 6.54 Å². The van der Waals surface area contributed by atoms with Crippen LogP contribution in [-0.4, -0.2) is 33.5 Å². The van der Waals surface area contributed by atoms with Gasteiger partial charge in [-0.25, -0.2) is 0 Å². The molecule has 3 heterocycles. The van der Waals surface area contributed by atoms with Crippen molar-refractivity contribution in [3.63, 3.8) is 0 Å². The summed E-state index contributed by atoms with van der Waals surface area (Å²) in [5.41, 5.74) is 3.86. The third kappa shape index (κ3) is 1.60. The Morgan fingerprint density at radius 3 is 3.05 bits per heavy atom. The Balaban J connectivity index is 1.71. The van der Waals surface area contributed by atoms with Crippen LogP contribution >= 0.6 is 0 Å². The van der Waals surface area contributed by atoms with Gasteiger partial charge in [0.15, 0.2) is 0 Å². The predicted molar refractivity (Wildman–Crippen MR) is 71.9 cm³/mol. The molecule has 0 amide bonds. The Morgan fingerprint density at radius 1 is 1.37 bits per heavy atom. The number of nitrogens with one attached hydrogen (secondary N) is 1. The molecule has 4 nitrogen and oxygen atoms in total. The molecule has 2 aliphatic heterocycles. The van der Waals surface area contributed by atoms with Gasteiger partial charge in [0.1, 0.15) is 0 Å². The first kappa shape index (κ1) is 11.1. The van der Waals surface area contributed by atoms with Gasteiger partial charge in [-0.1, -0.05) is 18.2 Å². The lowest BCUT2D eigenvalue weighted by atomic mass is 9.95. The minimum atomic E-state index is -0.650. The van der Waals surface area contributed by atoms with Crippen molar-refractivity contribution in [2.45, 2.75) is 25.4 Å². The Kier molecular flexibility index (Phi) is 2.23. The summed E-state index contributed by atoms with van der Waals surface area (Å²) < 4.78 is 0. The van der Waals surface area contributed by atoms with Crippen LogP contribution in [0.2, 0.25) is 0 Å². The first-order chi connectivity index (χ1) is 9.22. The second kappa shape index (κ2) is 3.84. The number of aromatic nitrogens is 1. The van der Waals surface area contributed by atoms with E-state index in [0.717, 1.165) is 19.4 Å². The summed E-state index contributed by atoms with van der Waals surface area (Å²) in [5, 5.41) is 10.5. The fourth-order valence-electron chi connectivity index (χ4n) is 3.63. The average Bonchev–Trinajstić information content (AvgIpc) is 2.96. The Morgan fingerprint density at radius 2 is 2.21 bits per heavy atom. The summed E-state index contributed by atoms with van der Waals surface area (Å²) in [6.45, 7) is 1.55. The van der Waals surface area contributed by atoms with E-state index in [1.165, 1.54) is 22.2 Å². The number of rotatable bonds is 1. The summed E-state index contributed by atoms with van der Waals surface area (Å²) in [6.07, 6.45) is 1.76. The van der Waals surface area contributed by atoms with Crippen molar-refractivity contribution < 1.29 is 9.90 Å². The molecule has 2 atom stereocenters. The molecule has 2 aromatic rings. The van der Waals surface area contributed by atoms with Gasteiger partial charge in [-0.05, 0) is 24.5 Å². The van der Waals surface area contributed by atoms with Gasteiger partial charge >= 0.3 is 5.97 Å². The van der Waals surface area contributed by atoms with Crippen LogP contribution in [0.4, 0.5) is 0 Å². The Labute approximate surface area is 111 Å². The number of hydrogen-bond acceptors (Lipinski definition) is 2. The van der Waals surface area contributed by atoms with E-state index in [1.54, 1.807) is 0 Å². The van der Waals surface area contributed by atoms with Crippen LogP contribution in [0.25, 0.3) is 10.9 Å². The zero-order valence-electron chi connectivity index (χ0n) is 10.6. The van der Waals surface area contributed by atoms with E-state index in [1.807, 2.05) is 6.07 Å². The van der Waals surface area contributed by atoms with Gasteiger partial charge in [-0.3, -0.25) is 9.69 Å². The highest BCUT2D eigenvalue weighted by molar-refractivity contribution is 5.85. The molecule has 19 heavy (non-hydrogen) atoms. The number of aromatic amines is 1. The van der Waals surface area contributed by atoms with Crippen LogP contribution in [0.3, 0.4) is 0 Å². The van der Waals surface area contributed by atoms with Gasteiger partial charge in [-0.15, -0.1) is 0 Å². The molecule has 1 fully saturated rings. The lowest BCUT2D eigenvalue weighted by Gasteiger charge is -2.29. The van der Waals surface area contributed by atoms with Gasteiger partial charge in [0.2, 0.25) is 0 Å². The molecule has 0 radical (unpaired) electrons. The normalized spacial score (nSPS) is 26.3. The number of carboxylic acids is 1. The predicted octanol–water partition coefficient (Wildman–Crippen LogP) is 2.00. The molecule has 0 unspecified atom stereocenters. The van der Waals surface area contributed by atoms with E-state index < -0.39 is 5.97 Å². The highest BCUT2D eigenvalue weighted by Crippen LogP contribution is 2.36. The summed E-state index contributed by atoms with van der Waals surface area (Å²) in [7, 11) is 0. The molecule has 1 saturated heterocycles. The molecule has 0 aliphatic carbocycles. The van der Waals surface area contributed by atoms with E-state index in [-0.39, 0.29) is 5.92 Å². The van der Waals surface area contributed by atoms with Gasteiger partial charge in [0, 0.05) is 35.7 Å². The monoisotopic (exact) mass is 256 g/mol. The molecular weight excluding hydrogens is 240 g/mol. The number of para-hydroxylation sites is 1. The van der Waals surface area contributed by atoms with Crippen LogP contribution in [0.1, 0.15) is 17.7 Å². The zero-order valence-corrected chi connectivity index (χ0v) is 10.6. The third-order valence-corrected chi connectivity index (χ3v) is 4.58. The first-order valence-electron chi connectivity index (χ1n) is 6.77. The number of hydrogen-bond donors (Lipinski definition) is 2. The van der Waals surface area contributed by atoms with Crippen molar-refractivity contribution in [3.05, 3.63) is 35.5 Å². The second-order valence-electron chi connectivity index (χ2n) is 5.69. The maximum atomic E-state index is 11.1. The largest absolute Gasteiger partial charge is 0.481 e. The minimum absolute atomic E-state index is 0.194. The molecule has 0 saturated carbocycles. The number of H-pyrrole nitrogens is 1. The van der Waals surface area contributed by atoms with Crippen molar-refractivity contribution in [2.24, 2.45) is 5.92 Å². The molecule has 4 heteroatoms. The SMILES string of the molecule is O=C(O)[C@@H]1C[C@H]2Cc3c([nH]c4ccccc34)CN2C1. The van der Waals surface area contributed by atoms with E-state index in [2.05, 4.69) is 28.1 Å². The molecule has 1 aromatic heterocycles. The van der Waals surface area contributed by atoms with Crippen molar-refractivity contribution in [1.82, 2.24) is 9.88 Å². The fraction of sp³-hybridized carbons (Fsp3) is 0.400. The van der Waals surface area contributed by atoms with E-state index >= 15 is 0 Å². The van der Waals surface area contributed by atoms with Crippen molar-refractivity contribution in [3.8, 4) is 0 Å². The standard InChI is InChI=1S/C15H16N2O2/c18-15(19)9-5-10-6-12-11-3-1-2-4-13(11)16-14(12)8-17(10)7-9/h1-4,9-10,16H,5-8H2,(H,18,19)/t9-,10+/m1/s1. The Bertz CT molecular complexity index is 661. The zero-order chi connectivity index (χ0) is 13.0. The highest BCUT2D eigenvalue weighted by Gasteiger charge is 2.39. The smallest absolute Gasteiger partial charge is 0.307 e. The van der Waals surface area contributed by atoms with Crippen LogP contribution in [0, 0.1) is 5.92 Å². The maximum absolute atomic E-state index is 11.1. The summed E-state index contributed by atoms with van der Waals surface area (Å²) in [4.78, 5) is 16.9. The topological polar surface area (TPSA) is 56.3 Å². The second-order valence-corrected chi connectivity index (χ2v) is 5.69. The third-order valence-electron chi connectivity index (χ3n) is 4.58. The maximum Gasteiger partial charge on any atom is 0.307 e. The average molecular weight is 256 g/mol. The van der Waals surface area contributed by atoms with E-state index in [9.17, 15) is 4.79 Å². The van der Waals surface area contributed by atoms with Gasteiger partial charge in [0.05, 0.1) is 5.92 Å². The quantitative estimate of drug-likeness (QED) is 0.820. The van der Waals surface area contributed by atoms with Gasteiger partial charge < -0.3 is 10.1 Å². The Hall–Kier alpha value is -1.81. The first-order valence-corrected chi connectivity index (χ1v) is 6.77. The van der Waals surface area contributed by atoms with E-state index in [4.69, 9.17) is 5.11 Å². The molecule has 2 aliphatic rings. The van der Waals surface area contributed by atoms with Crippen molar-refractivity contribution >= 4 is 16.9 Å². The van der Waals surface area contributed by atoms with Gasteiger partial charge in [-0.2, -0.15) is 0 Å². The molecule has 2 N–H and O–H groups in total. The number of carbonyl (C=O) groups is 1. The molecule has 1 aromatic carbocycles. The fourth-order valence-corrected chi connectivity index (χ4v) is 3.63. The number of fused-ring (bicyclic) bond motifs is 4. The number of benzene rings is 1. The van der Waals surface area contributed by atoms with Crippen LogP contribution < -0.4 is 0 Å². The van der Waals surface area contributed by atoms with Crippen molar-refractivity contribution in [1.29, 1.82) is 0 Å². The molecule has 4 rings (SSSR count). The molecule has 0 bridgehead atoms. The number of aliphatic carboxylic acids is 1. The van der Waals surface area contributed by atoms with Crippen LogP contribution in [0.15, 0.2) is 24.3 Å². The molecular formula is C15H16N2O2. The number of carboxylic acid groups (broad SMARTS) is 1. The van der Waals surface area contributed by atoms with Crippen LogP contribution in [-0.2, 0) is 17.8 Å². The highest BCUT2D eigenvalue weighted by atomic mass is 16.4. The lowest BCUT2D eigenvalue weighted by Crippen LogP contribution is -2.35. The lowest BCUT2D eigenvalue weighted by molar-refractivity contribution is -0.141. The van der Waals surface area contributed by atoms with Gasteiger partial charge in [0.25, 0.3) is 0 Å². The number of nitrogens with zero attached hydrogens (tertiary/aromatic N) is 1. The molecule has 0 spiro atoms. The summed E-state index contributed by atoms with van der Waals surface area (Å²) in [6, 6.07) is 8.78. The molecule has 98 valence electrons. The minimum Gasteiger partial charge on any atom is -0.481 e.